The third-order valence-corrected chi connectivity index (χ3v) is 5.99. The number of anilines is 1. The van der Waals surface area contributed by atoms with Crippen LogP contribution in [0.1, 0.15) is 54.6 Å². The Balaban J connectivity index is 2.54. The summed E-state index contributed by atoms with van der Waals surface area (Å²) in [5, 5.41) is 5.64. The van der Waals surface area contributed by atoms with Crippen LogP contribution in [-0.2, 0) is 14.3 Å². The fourth-order valence-corrected chi connectivity index (χ4v) is 4.39. The number of thiol groups is 1. The van der Waals surface area contributed by atoms with Crippen LogP contribution in [0, 0.1) is 27.7 Å². The van der Waals surface area contributed by atoms with Crippen LogP contribution in [0.15, 0.2) is 49.1 Å². The second-order valence-corrected chi connectivity index (χ2v) is 10.6. The molecule has 2 N–H and O–H groups in total. The molecule has 2 aromatic rings. The summed E-state index contributed by atoms with van der Waals surface area (Å²) in [6, 6.07) is 9.56. The maximum atomic E-state index is 13.9. The van der Waals surface area contributed by atoms with E-state index in [9.17, 15) is 14.4 Å². The van der Waals surface area contributed by atoms with E-state index in [0.29, 0.717) is 11.3 Å². The van der Waals surface area contributed by atoms with Crippen molar-refractivity contribution in [2.45, 2.75) is 66.2 Å². The Morgan fingerprint density at radius 3 is 2.11 bits per heavy atom. The molecule has 200 valence electrons. The molecular weight excluding hydrogens is 486 g/mol. The fraction of sp³-hybridized carbons (Fsp3) is 0.414. The lowest BCUT2D eigenvalue weighted by atomic mass is 9.98. The summed E-state index contributed by atoms with van der Waals surface area (Å²) in [6.45, 7) is 16.8. The van der Waals surface area contributed by atoms with E-state index in [2.05, 4.69) is 29.8 Å². The van der Waals surface area contributed by atoms with Gasteiger partial charge in [-0.1, -0.05) is 53.6 Å². The summed E-state index contributed by atoms with van der Waals surface area (Å²) in [5.74, 6) is -0.821. The minimum atomic E-state index is -1.01. The quantitative estimate of drug-likeness (QED) is 0.301. The molecule has 7 nitrogen and oxygen atoms in total. The largest absolute Gasteiger partial charge is 0.444 e. The third kappa shape index (κ3) is 8.39. The van der Waals surface area contributed by atoms with Gasteiger partial charge in [-0.3, -0.25) is 9.59 Å². The van der Waals surface area contributed by atoms with Crippen molar-refractivity contribution in [1.29, 1.82) is 0 Å². The molecule has 0 fully saturated rings. The molecule has 0 aliphatic rings. The van der Waals surface area contributed by atoms with Gasteiger partial charge in [0.2, 0.25) is 5.91 Å². The van der Waals surface area contributed by atoms with Gasteiger partial charge in [-0.2, -0.15) is 12.6 Å². The number of nitrogens with one attached hydrogen (secondary N) is 2. The normalized spacial score (nSPS) is 12.8. The molecule has 0 saturated heterocycles. The van der Waals surface area contributed by atoms with Gasteiger partial charge in [0, 0.05) is 18.0 Å². The summed E-state index contributed by atoms with van der Waals surface area (Å²) in [4.78, 5) is 41.6. The molecule has 37 heavy (non-hydrogen) atoms. The van der Waals surface area contributed by atoms with Crippen LogP contribution in [0.2, 0.25) is 0 Å². The Morgan fingerprint density at radius 1 is 1.05 bits per heavy atom. The Bertz CT molecular complexity index is 1120. The molecule has 0 radical (unpaired) electrons. The topological polar surface area (TPSA) is 87.7 Å². The van der Waals surface area contributed by atoms with Gasteiger partial charge in [-0.05, 0) is 65.2 Å². The first kappa shape index (κ1) is 30.0. The molecule has 8 heteroatoms. The average molecular weight is 526 g/mol. The zero-order chi connectivity index (χ0) is 27.9. The Morgan fingerprint density at radius 2 is 1.62 bits per heavy atom. The van der Waals surface area contributed by atoms with Crippen LogP contribution >= 0.6 is 12.6 Å². The number of aryl methyl sites for hydroxylation is 4. The first-order valence-electron chi connectivity index (χ1n) is 12.2. The van der Waals surface area contributed by atoms with Crippen molar-refractivity contribution in [2.24, 2.45) is 0 Å². The Labute approximate surface area is 226 Å². The molecule has 0 aliphatic heterocycles. The standard InChI is InChI=1S/C29H39N3O4S/c1-9-13-32(27(34)23(17-37)30-28(35)36-29(6,7)8)25(22-15-18(2)14-19(3)16-22)26(33)31-24-20(4)11-10-12-21(24)5/h9-12,14-16,23,25,37H,1,13,17H2,2-8H3,(H,30,35)(H,31,33). The molecule has 0 spiro atoms. The molecule has 0 saturated carbocycles. The molecule has 2 aromatic carbocycles. The highest BCUT2D eigenvalue weighted by Crippen LogP contribution is 2.28. The molecule has 0 heterocycles. The monoisotopic (exact) mass is 525 g/mol. The zero-order valence-corrected chi connectivity index (χ0v) is 23.7. The van der Waals surface area contributed by atoms with Gasteiger partial charge in [0.1, 0.15) is 17.7 Å². The van der Waals surface area contributed by atoms with Crippen molar-refractivity contribution < 1.29 is 19.1 Å². The molecule has 2 unspecified atom stereocenters. The number of alkyl carbamates (subject to hydrolysis) is 1. The summed E-state index contributed by atoms with van der Waals surface area (Å²) in [7, 11) is 0. The van der Waals surface area contributed by atoms with Gasteiger partial charge in [-0.15, -0.1) is 6.58 Å². The number of ether oxygens (including phenoxy) is 1. The van der Waals surface area contributed by atoms with E-state index in [1.165, 1.54) is 4.90 Å². The molecule has 2 rings (SSSR count). The highest BCUT2D eigenvalue weighted by molar-refractivity contribution is 7.80. The predicted molar refractivity (Wildman–Crippen MR) is 152 cm³/mol. The van der Waals surface area contributed by atoms with E-state index in [1.54, 1.807) is 26.8 Å². The lowest BCUT2D eigenvalue weighted by molar-refractivity contribution is -0.139. The number of rotatable bonds is 9. The number of carbonyl (C=O) groups is 3. The van der Waals surface area contributed by atoms with Crippen molar-refractivity contribution in [2.75, 3.05) is 17.6 Å². The van der Waals surface area contributed by atoms with E-state index in [-0.39, 0.29) is 18.2 Å². The van der Waals surface area contributed by atoms with Gasteiger partial charge in [0.15, 0.2) is 0 Å². The summed E-state index contributed by atoms with van der Waals surface area (Å²) >= 11 is 4.31. The maximum Gasteiger partial charge on any atom is 0.408 e. The van der Waals surface area contributed by atoms with Crippen molar-refractivity contribution in [3.63, 3.8) is 0 Å². The van der Waals surface area contributed by atoms with Crippen molar-refractivity contribution in [3.05, 3.63) is 76.9 Å². The minimum absolute atomic E-state index is 0.0177. The second-order valence-electron chi connectivity index (χ2n) is 10.2. The number of para-hydroxylation sites is 1. The first-order chi connectivity index (χ1) is 17.3. The summed E-state index contributed by atoms with van der Waals surface area (Å²) < 4.78 is 5.34. The van der Waals surface area contributed by atoms with Gasteiger partial charge in [-0.25, -0.2) is 4.79 Å². The SMILES string of the molecule is C=CCN(C(=O)C(CS)NC(=O)OC(C)(C)C)C(C(=O)Nc1c(C)cccc1C)c1cc(C)cc(C)c1. The molecule has 0 aliphatic carbocycles. The van der Waals surface area contributed by atoms with Crippen LogP contribution in [0.4, 0.5) is 10.5 Å². The van der Waals surface area contributed by atoms with E-state index in [1.807, 2.05) is 64.1 Å². The molecule has 2 atom stereocenters. The van der Waals surface area contributed by atoms with Crippen molar-refractivity contribution >= 4 is 36.2 Å². The number of nitrogens with zero attached hydrogens (tertiary/aromatic N) is 1. The third-order valence-electron chi connectivity index (χ3n) is 5.63. The zero-order valence-electron chi connectivity index (χ0n) is 22.8. The highest BCUT2D eigenvalue weighted by atomic mass is 32.1. The lowest BCUT2D eigenvalue weighted by Gasteiger charge is -2.34. The van der Waals surface area contributed by atoms with Crippen molar-refractivity contribution in [3.8, 4) is 0 Å². The van der Waals surface area contributed by atoms with E-state index in [0.717, 1.165) is 22.3 Å². The van der Waals surface area contributed by atoms with Crippen LogP contribution < -0.4 is 10.6 Å². The van der Waals surface area contributed by atoms with Crippen molar-refractivity contribution in [1.82, 2.24) is 10.2 Å². The van der Waals surface area contributed by atoms with Crippen LogP contribution in [0.3, 0.4) is 0 Å². The van der Waals surface area contributed by atoms with Gasteiger partial charge in [0.05, 0.1) is 0 Å². The molecular formula is C29H39N3O4S. The first-order valence-corrected chi connectivity index (χ1v) is 12.9. The van der Waals surface area contributed by atoms with E-state index >= 15 is 0 Å². The number of hydrogen-bond acceptors (Lipinski definition) is 5. The number of amides is 3. The maximum absolute atomic E-state index is 13.9. The van der Waals surface area contributed by atoms with Crippen LogP contribution in [0.5, 0.6) is 0 Å². The van der Waals surface area contributed by atoms with Gasteiger partial charge < -0.3 is 20.3 Å². The number of benzene rings is 2. The van der Waals surface area contributed by atoms with E-state index < -0.39 is 29.7 Å². The van der Waals surface area contributed by atoms with E-state index in [4.69, 9.17) is 4.74 Å². The summed E-state index contributed by atoms with van der Waals surface area (Å²) in [6.07, 6.45) is 0.824. The molecule has 0 bridgehead atoms. The second kappa shape index (κ2) is 12.8. The Hall–Kier alpha value is -3.26. The average Bonchev–Trinajstić information content (AvgIpc) is 2.77. The number of hydrogen-bond donors (Lipinski definition) is 3. The summed E-state index contributed by atoms with van der Waals surface area (Å²) in [5.41, 5.74) is 4.37. The number of carbonyl (C=O) groups excluding carboxylic acids is 3. The lowest BCUT2D eigenvalue weighted by Crippen LogP contribution is -2.53. The molecule has 3 amide bonds. The molecule has 0 aromatic heterocycles. The predicted octanol–water partition coefficient (Wildman–Crippen LogP) is 5.44. The fourth-order valence-electron chi connectivity index (χ4n) is 4.14. The van der Waals surface area contributed by atoms with Gasteiger partial charge in [0.25, 0.3) is 5.91 Å². The van der Waals surface area contributed by atoms with Crippen LogP contribution in [0.25, 0.3) is 0 Å². The Kier molecular flexibility index (Phi) is 10.4. The van der Waals surface area contributed by atoms with Crippen LogP contribution in [-0.4, -0.2) is 46.7 Å². The van der Waals surface area contributed by atoms with Gasteiger partial charge >= 0.3 is 6.09 Å². The minimum Gasteiger partial charge on any atom is -0.444 e. The smallest absolute Gasteiger partial charge is 0.408 e. The highest BCUT2D eigenvalue weighted by Gasteiger charge is 2.36.